The van der Waals surface area contributed by atoms with E-state index in [2.05, 4.69) is 32.4 Å². The van der Waals surface area contributed by atoms with E-state index >= 15 is 0 Å². The molecule has 1 unspecified atom stereocenters. The van der Waals surface area contributed by atoms with Gasteiger partial charge in [0.15, 0.2) is 0 Å². The van der Waals surface area contributed by atoms with Gasteiger partial charge in [0.1, 0.15) is 11.9 Å². The molecule has 2 rings (SSSR count). The van der Waals surface area contributed by atoms with Crippen LogP contribution in [-0.2, 0) is 7.05 Å². The lowest BCUT2D eigenvalue weighted by Gasteiger charge is -2.17. The molecule has 2 N–H and O–H groups in total. The summed E-state index contributed by atoms with van der Waals surface area (Å²) in [4.78, 5) is 5.74. The molecule has 0 bridgehead atoms. The maximum Gasteiger partial charge on any atom is 0.131 e. The Kier molecular flexibility index (Phi) is 5.57. The molecule has 1 atom stereocenters. The van der Waals surface area contributed by atoms with Gasteiger partial charge in [0.2, 0.25) is 0 Å². The van der Waals surface area contributed by atoms with E-state index in [0.29, 0.717) is 0 Å². The topological polar surface area (TPSA) is 50.1 Å². The summed E-state index contributed by atoms with van der Waals surface area (Å²) in [5, 5.41) is 14.4. The molecule has 0 fully saturated rings. The third-order valence-corrected chi connectivity index (χ3v) is 4.06. The van der Waals surface area contributed by atoms with Crippen LogP contribution in [0, 0.1) is 0 Å². The van der Waals surface area contributed by atoms with E-state index in [1.54, 1.807) is 11.3 Å². The highest BCUT2D eigenvalue weighted by Gasteiger charge is 2.18. The average Bonchev–Trinajstić information content (AvgIpc) is 3.06. The van der Waals surface area contributed by atoms with Crippen molar-refractivity contribution in [2.24, 2.45) is 7.05 Å². The number of hydrogen-bond donors (Lipinski definition) is 2. The number of imidazole rings is 1. The van der Waals surface area contributed by atoms with Crippen molar-refractivity contribution < 1.29 is 5.11 Å². The molecule has 0 aliphatic carbocycles. The number of nitrogens with one attached hydrogen (secondary N) is 1. The molecule has 0 saturated heterocycles. The van der Waals surface area contributed by atoms with Gasteiger partial charge in [-0.25, -0.2) is 4.98 Å². The number of nitrogens with zero attached hydrogens (tertiary/aromatic N) is 2. The minimum Gasteiger partial charge on any atom is -0.396 e. The van der Waals surface area contributed by atoms with Gasteiger partial charge in [-0.3, -0.25) is 0 Å². The summed E-state index contributed by atoms with van der Waals surface area (Å²) >= 11 is 1.75. The van der Waals surface area contributed by atoms with Gasteiger partial charge < -0.3 is 15.0 Å². The van der Waals surface area contributed by atoms with Gasteiger partial charge >= 0.3 is 0 Å². The largest absolute Gasteiger partial charge is 0.396 e. The van der Waals surface area contributed by atoms with Gasteiger partial charge in [-0.15, -0.1) is 11.3 Å². The average molecular weight is 279 g/mol. The van der Waals surface area contributed by atoms with E-state index in [4.69, 9.17) is 5.11 Å². The fraction of sp³-hybridized carbons (Fsp3) is 0.500. The Bertz CT molecular complexity index is 467. The van der Waals surface area contributed by atoms with E-state index in [9.17, 15) is 0 Å². The SMILES string of the molecule is Cn1ccnc1C(NCCCCCO)c1cccs1. The van der Waals surface area contributed by atoms with Crippen molar-refractivity contribution in [2.75, 3.05) is 13.2 Å². The fourth-order valence-electron chi connectivity index (χ4n) is 2.09. The van der Waals surface area contributed by atoms with Crippen LogP contribution in [-0.4, -0.2) is 27.8 Å². The zero-order chi connectivity index (χ0) is 13.5. The highest BCUT2D eigenvalue weighted by Crippen LogP contribution is 2.24. The van der Waals surface area contributed by atoms with E-state index in [1.165, 1.54) is 4.88 Å². The molecular weight excluding hydrogens is 258 g/mol. The number of thiophene rings is 1. The van der Waals surface area contributed by atoms with Crippen LogP contribution in [0.2, 0.25) is 0 Å². The Morgan fingerprint density at radius 1 is 1.42 bits per heavy atom. The van der Waals surface area contributed by atoms with Crippen molar-refractivity contribution in [3.63, 3.8) is 0 Å². The Morgan fingerprint density at radius 3 is 2.95 bits per heavy atom. The Labute approximate surface area is 118 Å². The van der Waals surface area contributed by atoms with Crippen LogP contribution in [0.15, 0.2) is 29.9 Å². The second kappa shape index (κ2) is 7.43. The van der Waals surface area contributed by atoms with Gasteiger partial charge in [0.05, 0.1) is 0 Å². The predicted molar refractivity (Wildman–Crippen MR) is 78.3 cm³/mol. The zero-order valence-electron chi connectivity index (χ0n) is 11.2. The molecule has 2 heterocycles. The molecule has 0 aliphatic rings. The lowest BCUT2D eigenvalue weighted by Crippen LogP contribution is -2.25. The van der Waals surface area contributed by atoms with Crippen LogP contribution in [0.1, 0.15) is 36.0 Å². The lowest BCUT2D eigenvalue weighted by atomic mass is 10.2. The van der Waals surface area contributed by atoms with Gasteiger partial charge in [0.25, 0.3) is 0 Å². The van der Waals surface area contributed by atoms with E-state index < -0.39 is 0 Å². The molecule has 2 aromatic heterocycles. The summed E-state index contributed by atoms with van der Waals surface area (Å²) < 4.78 is 2.06. The number of hydrogen-bond acceptors (Lipinski definition) is 4. The fourth-order valence-corrected chi connectivity index (χ4v) is 2.89. The third kappa shape index (κ3) is 3.89. The Balaban J connectivity index is 1.98. The summed E-state index contributed by atoms with van der Waals surface area (Å²) in [6, 6.07) is 4.38. The first-order chi connectivity index (χ1) is 9.33. The van der Waals surface area contributed by atoms with E-state index in [-0.39, 0.29) is 12.6 Å². The number of aliphatic hydroxyl groups is 1. The van der Waals surface area contributed by atoms with Gasteiger partial charge in [0, 0.05) is 30.9 Å². The number of aliphatic hydroxyl groups excluding tert-OH is 1. The summed E-state index contributed by atoms with van der Waals surface area (Å²) in [5.41, 5.74) is 0. The van der Waals surface area contributed by atoms with Crippen LogP contribution in [0.4, 0.5) is 0 Å². The molecule has 4 nitrogen and oxygen atoms in total. The Morgan fingerprint density at radius 2 is 2.32 bits per heavy atom. The van der Waals surface area contributed by atoms with Crippen molar-refractivity contribution in [1.29, 1.82) is 0 Å². The number of rotatable bonds is 8. The monoisotopic (exact) mass is 279 g/mol. The second-order valence-electron chi connectivity index (χ2n) is 4.58. The van der Waals surface area contributed by atoms with Crippen LogP contribution in [0.5, 0.6) is 0 Å². The van der Waals surface area contributed by atoms with Crippen LogP contribution in [0.3, 0.4) is 0 Å². The first kappa shape index (κ1) is 14.2. The molecule has 5 heteroatoms. The Hall–Kier alpha value is -1.17. The molecule has 0 aromatic carbocycles. The first-order valence-electron chi connectivity index (χ1n) is 6.68. The smallest absolute Gasteiger partial charge is 0.131 e. The van der Waals surface area contributed by atoms with E-state index in [1.807, 2.05) is 19.4 Å². The van der Waals surface area contributed by atoms with Crippen LogP contribution < -0.4 is 5.32 Å². The van der Waals surface area contributed by atoms with Crippen molar-refractivity contribution in [2.45, 2.75) is 25.3 Å². The molecule has 0 spiro atoms. The molecule has 2 aromatic rings. The molecule has 0 amide bonds. The highest BCUT2D eigenvalue weighted by atomic mass is 32.1. The lowest BCUT2D eigenvalue weighted by molar-refractivity contribution is 0.282. The molecule has 0 radical (unpaired) electrons. The van der Waals surface area contributed by atoms with Gasteiger partial charge in [-0.05, 0) is 37.3 Å². The quantitative estimate of drug-likeness (QED) is 0.729. The summed E-state index contributed by atoms with van der Waals surface area (Å²) in [5.74, 6) is 1.05. The van der Waals surface area contributed by atoms with Crippen molar-refractivity contribution in [3.05, 3.63) is 40.6 Å². The standard InChI is InChI=1S/C14H21N3OS/c1-17-9-8-16-14(17)13(12-6-5-11-19-12)15-7-3-2-4-10-18/h5-6,8-9,11,13,15,18H,2-4,7,10H2,1H3. The summed E-state index contributed by atoms with van der Waals surface area (Å²) in [6.45, 7) is 1.23. The van der Waals surface area contributed by atoms with Gasteiger partial charge in [-0.1, -0.05) is 6.07 Å². The second-order valence-corrected chi connectivity index (χ2v) is 5.56. The van der Waals surface area contributed by atoms with Crippen molar-refractivity contribution >= 4 is 11.3 Å². The van der Waals surface area contributed by atoms with Crippen LogP contribution >= 0.6 is 11.3 Å². The van der Waals surface area contributed by atoms with Crippen molar-refractivity contribution in [3.8, 4) is 0 Å². The molecule has 0 saturated carbocycles. The minimum absolute atomic E-state index is 0.161. The first-order valence-corrected chi connectivity index (χ1v) is 7.55. The maximum atomic E-state index is 8.78. The zero-order valence-corrected chi connectivity index (χ0v) is 12.1. The third-order valence-electron chi connectivity index (χ3n) is 3.13. The number of aryl methyl sites for hydroxylation is 1. The number of aromatic nitrogens is 2. The van der Waals surface area contributed by atoms with Crippen molar-refractivity contribution in [1.82, 2.24) is 14.9 Å². The summed E-state index contributed by atoms with van der Waals surface area (Å²) in [7, 11) is 2.02. The normalized spacial score (nSPS) is 12.7. The van der Waals surface area contributed by atoms with Gasteiger partial charge in [-0.2, -0.15) is 0 Å². The molecule has 104 valence electrons. The highest BCUT2D eigenvalue weighted by molar-refractivity contribution is 7.10. The van der Waals surface area contributed by atoms with E-state index in [0.717, 1.165) is 31.6 Å². The van der Waals surface area contributed by atoms with Crippen LogP contribution in [0.25, 0.3) is 0 Å². The summed E-state index contributed by atoms with van der Waals surface area (Å²) in [6.07, 6.45) is 6.83. The molecular formula is C14H21N3OS. The maximum absolute atomic E-state index is 8.78. The minimum atomic E-state index is 0.161. The molecule has 19 heavy (non-hydrogen) atoms. The molecule has 0 aliphatic heterocycles. The predicted octanol–water partition coefficient (Wildman–Crippen LogP) is 2.32. The number of unbranched alkanes of at least 4 members (excludes halogenated alkanes) is 2.